The standard InChI is InChI=1S/C52H86N16O15/c1-6-28(4)42(51(82)83)68-48(79)32(15-10-11-21-53)62-40(71)26-60-45(76)35(23-27(2)3)66-49(80)36(24-30-13-8-7-9-14-30)67-50(81)37(25-39(56)70)65-43(74)29(5)61-46(77)34(18-19-38(55)69)64-47(78)33(16-12-22-59-52(57)58)63-44(75)31(54)17-20-41(72)73/h7-9,13-14,27-29,31-37,42H,6,10-12,15-26,53-54H2,1-5H3,(H2,55,69)(H2,56,70)(H,60,76)(H,61,77)(H,62,71)(H,63,75)(H,64,78)(H,65,74)(H,66,80)(H,67,81)(H,68,79)(H,72,73)(H,82,83)(H4,57,58,59)/t28-,29-,31-,32-,33-,34-,35-,36-,37-,42-/m0/s1. The van der Waals surface area contributed by atoms with E-state index in [1.54, 1.807) is 58.0 Å². The molecule has 31 heteroatoms. The van der Waals surface area contributed by atoms with Crippen LogP contribution in [0.3, 0.4) is 0 Å². The number of benzene rings is 1. The van der Waals surface area contributed by atoms with Crippen molar-refractivity contribution in [1.82, 2.24) is 47.9 Å². The van der Waals surface area contributed by atoms with E-state index in [4.69, 9.17) is 39.5 Å². The second kappa shape index (κ2) is 38.3. The molecule has 0 aliphatic heterocycles. The van der Waals surface area contributed by atoms with Crippen molar-refractivity contribution < 1.29 is 72.5 Å². The van der Waals surface area contributed by atoms with Gasteiger partial charge in [-0.2, -0.15) is 0 Å². The number of amides is 11. The Morgan fingerprint density at radius 3 is 1.65 bits per heavy atom. The Morgan fingerprint density at radius 1 is 0.554 bits per heavy atom. The molecule has 0 spiro atoms. The summed E-state index contributed by atoms with van der Waals surface area (Å²) in [5.41, 5.74) is 33.6. The Morgan fingerprint density at radius 2 is 1.08 bits per heavy atom. The third kappa shape index (κ3) is 29.7. The maximum atomic E-state index is 14.2. The minimum atomic E-state index is -1.79. The average molecular weight is 1180 g/mol. The Balaban J connectivity index is 3.41. The third-order valence-corrected chi connectivity index (χ3v) is 12.7. The lowest BCUT2D eigenvalue weighted by molar-refractivity contribution is -0.144. The molecule has 31 nitrogen and oxygen atoms in total. The van der Waals surface area contributed by atoms with E-state index >= 15 is 0 Å². The van der Waals surface area contributed by atoms with Crippen molar-refractivity contribution in [2.75, 3.05) is 19.6 Å². The second-order valence-corrected chi connectivity index (χ2v) is 20.4. The van der Waals surface area contributed by atoms with E-state index in [0.717, 1.165) is 0 Å². The first kappa shape index (κ1) is 72.5. The number of rotatable bonds is 41. The molecule has 1 aromatic carbocycles. The molecule has 0 saturated heterocycles. The van der Waals surface area contributed by atoms with Crippen molar-refractivity contribution >= 4 is 82.9 Å². The molecule has 0 aliphatic carbocycles. The van der Waals surface area contributed by atoms with Crippen LogP contribution in [0.5, 0.6) is 0 Å². The smallest absolute Gasteiger partial charge is 0.326 e. The van der Waals surface area contributed by atoms with Gasteiger partial charge in [0.2, 0.25) is 65.0 Å². The summed E-state index contributed by atoms with van der Waals surface area (Å²) in [7, 11) is 0. The predicted octanol–water partition coefficient (Wildman–Crippen LogP) is -5.06. The van der Waals surface area contributed by atoms with E-state index in [9.17, 15) is 67.4 Å². The van der Waals surface area contributed by atoms with Gasteiger partial charge in [0, 0.05) is 25.8 Å². The molecule has 1 aromatic rings. The van der Waals surface area contributed by atoms with Crippen molar-refractivity contribution in [1.29, 1.82) is 0 Å². The van der Waals surface area contributed by atoms with E-state index in [1.807, 2.05) is 0 Å². The summed E-state index contributed by atoms with van der Waals surface area (Å²) >= 11 is 0. The lowest BCUT2D eigenvalue weighted by Gasteiger charge is -2.27. The molecule has 10 atom stereocenters. The minimum Gasteiger partial charge on any atom is -0.481 e. The quantitative estimate of drug-likeness (QED) is 0.0166. The number of guanidine groups is 1. The number of aliphatic imine (C=N–C) groups is 1. The lowest BCUT2D eigenvalue weighted by atomic mass is 9.98. The van der Waals surface area contributed by atoms with E-state index < -0.39 is 169 Å². The first-order valence-electron chi connectivity index (χ1n) is 27.3. The highest BCUT2D eigenvalue weighted by Crippen LogP contribution is 2.12. The van der Waals surface area contributed by atoms with Crippen molar-refractivity contribution in [2.45, 2.75) is 172 Å². The second-order valence-electron chi connectivity index (χ2n) is 20.4. The van der Waals surface area contributed by atoms with Crippen LogP contribution in [0.1, 0.15) is 117 Å². The van der Waals surface area contributed by atoms with Gasteiger partial charge in [-0.3, -0.25) is 62.5 Å². The largest absolute Gasteiger partial charge is 0.481 e. The fraction of sp³-hybridized carbons (Fsp3) is 0.615. The fourth-order valence-electron chi connectivity index (χ4n) is 7.92. The van der Waals surface area contributed by atoms with Crippen molar-refractivity contribution in [3.05, 3.63) is 35.9 Å². The molecule has 1 rings (SSSR count). The molecule has 464 valence electrons. The van der Waals surface area contributed by atoms with Crippen molar-refractivity contribution in [3.8, 4) is 0 Å². The molecule has 0 fully saturated rings. The van der Waals surface area contributed by atoms with Gasteiger partial charge in [-0.15, -0.1) is 0 Å². The number of nitrogens with zero attached hydrogens (tertiary/aromatic N) is 1. The highest BCUT2D eigenvalue weighted by molar-refractivity contribution is 5.99. The van der Waals surface area contributed by atoms with Gasteiger partial charge in [-0.25, -0.2) is 4.79 Å². The maximum absolute atomic E-state index is 14.2. The molecule has 11 amide bonds. The lowest BCUT2D eigenvalue weighted by Crippen LogP contribution is -2.60. The summed E-state index contributed by atoms with van der Waals surface area (Å²) in [6.07, 6.45) is -1.24. The van der Waals surface area contributed by atoms with Crippen LogP contribution in [-0.2, 0) is 68.7 Å². The van der Waals surface area contributed by atoms with E-state index in [1.165, 1.54) is 6.92 Å². The summed E-state index contributed by atoms with van der Waals surface area (Å²) in [6.45, 7) is 7.71. The van der Waals surface area contributed by atoms with E-state index in [-0.39, 0.29) is 56.9 Å². The number of nitrogens with two attached hydrogens (primary N) is 6. The average Bonchev–Trinajstić information content (AvgIpc) is 3.45. The Hall–Kier alpha value is -8.48. The van der Waals surface area contributed by atoms with Crippen LogP contribution in [0.4, 0.5) is 0 Å². The Kier molecular flexibility index (Phi) is 33.4. The number of carbonyl (C=O) groups is 13. The first-order chi connectivity index (χ1) is 39.0. The highest BCUT2D eigenvalue weighted by Gasteiger charge is 2.35. The first-order valence-corrected chi connectivity index (χ1v) is 27.3. The highest BCUT2D eigenvalue weighted by atomic mass is 16.4. The topological polar surface area (TPSA) is 539 Å². The molecule has 0 aromatic heterocycles. The molecule has 23 N–H and O–H groups in total. The van der Waals surface area contributed by atoms with Gasteiger partial charge in [0.25, 0.3) is 0 Å². The number of carbonyl (C=O) groups excluding carboxylic acids is 11. The molecule has 83 heavy (non-hydrogen) atoms. The summed E-state index contributed by atoms with van der Waals surface area (Å²) in [4.78, 5) is 174. The number of hydrogen-bond acceptors (Lipinski definition) is 16. The predicted molar refractivity (Wildman–Crippen MR) is 301 cm³/mol. The van der Waals surface area contributed by atoms with Gasteiger partial charge < -0.3 is 92.5 Å². The van der Waals surface area contributed by atoms with Crippen LogP contribution < -0.4 is 82.3 Å². The number of carboxylic acids is 2. The van der Waals surface area contributed by atoms with Gasteiger partial charge in [-0.05, 0) is 82.2 Å². The van der Waals surface area contributed by atoms with Crippen LogP contribution in [0.15, 0.2) is 35.3 Å². The number of hydrogen-bond donors (Lipinski definition) is 17. The number of carboxylic acid groups (broad SMARTS) is 2. The molecular weight excluding hydrogens is 1090 g/mol. The monoisotopic (exact) mass is 1170 g/mol. The zero-order chi connectivity index (χ0) is 62.9. The number of nitrogens with one attached hydrogen (secondary N) is 9. The molecule has 0 heterocycles. The molecule has 0 unspecified atom stereocenters. The van der Waals surface area contributed by atoms with Crippen LogP contribution in [-0.4, -0.2) is 167 Å². The van der Waals surface area contributed by atoms with Gasteiger partial charge in [0.15, 0.2) is 5.96 Å². The number of unbranched alkanes of at least 4 members (excludes halogenated alkanes) is 1. The fourth-order valence-corrected chi connectivity index (χ4v) is 7.92. The summed E-state index contributed by atoms with van der Waals surface area (Å²) in [5.74, 6) is -13.8. The van der Waals surface area contributed by atoms with Crippen LogP contribution >= 0.6 is 0 Å². The molecule has 0 bridgehead atoms. The van der Waals surface area contributed by atoms with Crippen LogP contribution in [0, 0.1) is 11.8 Å². The Bertz CT molecular complexity index is 2410. The third-order valence-electron chi connectivity index (χ3n) is 12.7. The molecular formula is C52H86N16O15. The molecule has 0 radical (unpaired) electrons. The number of primary amides is 2. The number of aliphatic carboxylic acids is 2. The Labute approximate surface area is 481 Å². The van der Waals surface area contributed by atoms with Crippen molar-refractivity contribution in [3.63, 3.8) is 0 Å². The van der Waals surface area contributed by atoms with Gasteiger partial charge in [-0.1, -0.05) is 64.4 Å². The summed E-state index contributed by atoms with van der Waals surface area (Å²) < 4.78 is 0. The maximum Gasteiger partial charge on any atom is 0.326 e. The van der Waals surface area contributed by atoms with Gasteiger partial charge in [0.05, 0.1) is 19.0 Å². The summed E-state index contributed by atoms with van der Waals surface area (Å²) in [6, 6.07) is -4.69. The van der Waals surface area contributed by atoms with Crippen LogP contribution in [0.2, 0.25) is 0 Å². The molecule has 0 aliphatic rings. The van der Waals surface area contributed by atoms with E-state index in [2.05, 4.69) is 52.8 Å². The minimum absolute atomic E-state index is 0.00484. The normalized spacial score (nSPS) is 14.6. The van der Waals surface area contributed by atoms with Crippen LogP contribution in [0.25, 0.3) is 0 Å². The summed E-state index contributed by atoms with van der Waals surface area (Å²) in [5, 5.41) is 40.8. The van der Waals surface area contributed by atoms with E-state index in [0.29, 0.717) is 31.4 Å². The van der Waals surface area contributed by atoms with Gasteiger partial charge in [0.1, 0.15) is 48.3 Å². The SMILES string of the molecule is CC[C@H](C)[C@H](NC(=O)[C@H](CCCCN)NC(=O)CNC(=O)[C@H](CC(C)C)NC(=O)[C@H](Cc1ccccc1)NC(=O)[C@H](CC(N)=O)NC(=O)[C@H](C)NC(=O)[C@H](CCC(N)=O)NC(=O)[C@H](CCCN=C(N)N)NC(=O)[C@@H](N)CCC(=O)O)C(=O)O. The van der Waals surface area contributed by atoms with Crippen molar-refractivity contribution in [2.24, 2.45) is 51.2 Å². The zero-order valence-electron chi connectivity index (χ0n) is 47.7. The van der Waals surface area contributed by atoms with Gasteiger partial charge >= 0.3 is 11.9 Å². The zero-order valence-corrected chi connectivity index (χ0v) is 47.7. The molecule has 0 saturated carbocycles.